The molecule has 0 aliphatic carbocycles. The van der Waals surface area contributed by atoms with E-state index in [0.717, 1.165) is 6.42 Å². The van der Waals surface area contributed by atoms with E-state index in [-0.39, 0.29) is 12.3 Å². The quantitative estimate of drug-likeness (QED) is 0.664. The lowest BCUT2D eigenvalue weighted by Crippen LogP contribution is -2.27. The predicted molar refractivity (Wildman–Crippen MR) is 85.4 cm³/mol. The molecule has 2 rings (SSSR count). The summed E-state index contributed by atoms with van der Waals surface area (Å²) in [6.45, 7) is 2.55. The van der Waals surface area contributed by atoms with Gasteiger partial charge < -0.3 is 19.2 Å². The van der Waals surface area contributed by atoms with Crippen molar-refractivity contribution in [1.82, 2.24) is 9.88 Å². The summed E-state index contributed by atoms with van der Waals surface area (Å²) in [6.07, 6.45) is 0.970. The van der Waals surface area contributed by atoms with E-state index >= 15 is 0 Å². The van der Waals surface area contributed by atoms with Crippen LogP contribution in [0.1, 0.15) is 12.8 Å². The first-order chi connectivity index (χ1) is 11.2. The zero-order chi connectivity index (χ0) is 16.5. The highest BCUT2D eigenvalue weighted by Crippen LogP contribution is 2.11. The van der Waals surface area contributed by atoms with Crippen LogP contribution in [-0.2, 0) is 20.8 Å². The van der Waals surface area contributed by atoms with Crippen LogP contribution in [0.15, 0.2) is 33.5 Å². The molecule has 0 radical (unpaired) electrons. The van der Waals surface area contributed by atoms with Gasteiger partial charge in [0.1, 0.15) is 0 Å². The summed E-state index contributed by atoms with van der Waals surface area (Å²) < 4.78 is 16.8. The molecule has 2 aromatic rings. The molecule has 0 atom stereocenters. The molecule has 1 aromatic carbocycles. The minimum Gasteiger partial charge on any atom is -0.408 e. The molecule has 1 N–H and O–H groups in total. The fraction of sp³-hybridized carbons (Fsp3) is 0.500. The second kappa shape index (κ2) is 9.12. The number of amides is 1. The molecule has 0 saturated carbocycles. The number of methoxy groups -OCH3 is 1. The highest BCUT2D eigenvalue weighted by Gasteiger charge is 2.09. The van der Waals surface area contributed by atoms with Crippen LogP contribution in [0.2, 0.25) is 0 Å². The minimum atomic E-state index is -0.439. The summed E-state index contributed by atoms with van der Waals surface area (Å²) in [7, 11) is 1.62. The molecule has 7 heteroatoms. The van der Waals surface area contributed by atoms with E-state index in [1.807, 2.05) is 6.07 Å². The molecular formula is C16H22N2O5. The number of benzene rings is 1. The normalized spacial score (nSPS) is 11.0. The summed E-state index contributed by atoms with van der Waals surface area (Å²) in [5.41, 5.74) is 1.24. The van der Waals surface area contributed by atoms with Gasteiger partial charge >= 0.3 is 5.76 Å². The number of ether oxygens (including phenoxy) is 2. The van der Waals surface area contributed by atoms with Crippen molar-refractivity contribution in [3.63, 3.8) is 0 Å². The summed E-state index contributed by atoms with van der Waals surface area (Å²) >= 11 is 0. The fourth-order valence-electron chi connectivity index (χ4n) is 2.17. The maximum Gasteiger partial charge on any atom is 0.419 e. The Labute approximate surface area is 134 Å². The van der Waals surface area contributed by atoms with Gasteiger partial charge in [-0.3, -0.25) is 9.36 Å². The van der Waals surface area contributed by atoms with Gasteiger partial charge in [0.25, 0.3) is 0 Å². The molecule has 0 aliphatic heterocycles. The second-order valence-corrected chi connectivity index (χ2v) is 5.05. The third-order valence-electron chi connectivity index (χ3n) is 3.36. The average Bonchev–Trinajstić information content (AvgIpc) is 2.87. The van der Waals surface area contributed by atoms with Gasteiger partial charge in [-0.15, -0.1) is 0 Å². The Kier molecular flexibility index (Phi) is 6.83. The van der Waals surface area contributed by atoms with Crippen LogP contribution in [-0.4, -0.2) is 43.9 Å². The first kappa shape index (κ1) is 17.2. The first-order valence-electron chi connectivity index (χ1n) is 7.64. The average molecular weight is 322 g/mol. The number of aryl methyl sites for hydroxylation is 1. The number of carbonyl (C=O) groups excluding carboxylic acids is 1. The zero-order valence-corrected chi connectivity index (χ0v) is 13.2. The van der Waals surface area contributed by atoms with Crippen LogP contribution < -0.4 is 11.1 Å². The molecule has 1 heterocycles. The lowest BCUT2D eigenvalue weighted by Gasteiger charge is -2.06. The number of rotatable bonds is 10. The third kappa shape index (κ3) is 5.22. The Balaban J connectivity index is 1.70. The van der Waals surface area contributed by atoms with Crippen LogP contribution in [0.25, 0.3) is 11.1 Å². The Bertz CT molecular complexity index is 676. The van der Waals surface area contributed by atoms with E-state index in [9.17, 15) is 9.59 Å². The molecule has 0 aliphatic rings. The minimum absolute atomic E-state index is 0.0981. The molecule has 7 nitrogen and oxygen atoms in total. The van der Waals surface area contributed by atoms with Gasteiger partial charge in [0.05, 0.1) is 18.7 Å². The van der Waals surface area contributed by atoms with E-state index in [0.29, 0.717) is 44.0 Å². The summed E-state index contributed by atoms with van der Waals surface area (Å²) in [5, 5.41) is 2.81. The molecule has 126 valence electrons. The molecule has 0 fully saturated rings. The van der Waals surface area contributed by atoms with E-state index in [2.05, 4.69) is 5.32 Å². The first-order valence-corrected chi connectivity index (χ1v) is 7.64. The number of oxazole rings is 1. The van der Waals surface area contributed by atoms with E-state index in [4.69, 9.17) is 13.9 Å². The standard InChI is InChI=1S/C16H22N2O5/c1-21-11-12-22-10-4-8-17-15(19)7-9-18-13-5-2-3-6-14(13)23-16(18)20/h2-3,5-6H,4,7-12H2,1H3,(H,17,19). The second-order valence-electron chi connectivity index (χ2n) is 5.05. The maximum atomic E-state index is 11.8. The molecule has 1 amide bonds. The van der Waals surface area contributed by atoms with Crippen molar-refractivity contribution < 1.29 is 18.7 Å². The van der Waals surface area contributed by atoms with E-state index < -0.39 is 5.76 Å². The molecule has 0 saturated heterocycles. The maximum absolute atomic E-state index is 11.8. The largest absolute Gasteiger partial charge is 0.419 e. The van der Waals surface area contributed by atoms with Crippen molar-refractivity contribution in [3.8, 4) is 0 Å². The van der Waals surface area contributed by atoms with Crippen molar-refractivity contribution in [3.05, 3.63) is 34.8 Å². The number of nitrogens with zero attached hydrogens (tertiary/aromatic N) is 1. The van der Waals surface area contributed by atoms with Crippen molar-refractivity contribution >= 4 is 17.0 Å². The number of nitrogens with one attached hydrogen (secondary N) is 1. The molecule has 0 unspecified atom stereocenters. The predicted octanol–water partition coefficient (Wildman–Crippen LogP) is 1.15. The smallest absolute Gasteiger partial charge is 0.408 e. The van der Waals surface area contributed by atoms with Crippen LogP contribution in [0, 0.1) is 0 Å². The van der Waals surface area contributed by atoms with E-state index in [1.54, 1.807) is 25.3 Å². The van der Waals surface area contributed by atoms with Gasteiger partial charge in [-0.05, 0) is 18.6 Å². The fourth-order valence-corrected chi connectivity index (χ4v) is 2.17. The summed E-state index contributed by atoms with van der Waals surface area (Å²) in [5.74, 6) is -0.537. The van der Waals surface area contributed by atoms with Crippen LogP contribution in [0.3, 0.4) is 0 Å². The highest BCUT2D eigenvalue weighted by molar-refractivity contribution is 5.76. The highest BCUT2D eigenvalue weighted by atomic mass is 16.5. The van der Waals surface area contributed by atoms with Crippen molar-refractivity contribution in [2.24, 2.45) is 0 Å². The number of hydrogen-bond donors (Lipinski definition) is 1. The number of aromatic nitrogens is 1. The molecule has 23 heavy (non-hydrogen) atoms. The Morgan fingerprint density at radius 1 is 1.26 bits per heavy atom. The number of fused-ring (bicyclic) bond motifs is 1. The molecule has 0 spiro atoms. The summed E-state index contributed by atoms with van der Waals surface area (Å²) in [4.78, 5) is 23.6. The number of para-hydroxylation sites is 2. The van der Waals surface area contributed by atoms with E-state index in [1.165, 1.54) is 4.57 Å². The van der Waals surface area contributed by atoms with Gasteiger partial charge in [-0.25, -0.2) is 4.79 Å². The Morgan fingerprint density at radius 3 is 2.91 bits per heavy atom. The van der Waals surface area contributed by atoms with Gasteiger partial charge in [0, 0.05) is 33.2 Å². The topological polar surface area (TPSA) is 82.7 Å². The SMILES string of the molecule is COCCOCCCNC(=O)CCn1c(=O)oc2ccccc21. The Hall–Kier alpha value is -2.12. The van der Waals surface area contributed by atoms with Crippen LogP contribution in [0.4, 0.5) is 0 Å². The summed E-state index contributed by atoms with van der Waals surface area (Å²) in [6, 6.07) is 7.17. The van der Waals surface area contributed by atoms with Gasteiger partial charge in [0.15, 0.2) is 5.58 Å². The molecule has 0 bridgehead atoms. The lowest BCUT2D eigenvalue weighted by atomic mass is 10.3. The van der Waals surface area contributed by atoms with Crippen LogP contribution in [0.5, 0.6) is 0 Å². The van der Waals surface area contributed by atoms with Crippen molar-refractivity contribution in [1.29, 1.82) is 0 Å². The number of carbonyl (C=O) groups is 1. The van der Waals surface area contributed by atoms with Crippen molar-refractivity contribution in [2.45, 2.75) is 19.4 Å². The van der Waals surface area contributed by atoms with Gasteiger partial charge in [0.2, 0.25) is 5.91 Å². The third-order valence-corrected chi connectivity index (χ3v) is 3.36. The van der Waals surface area contributed by atoms with Gasteiger partial charge in [-0.2, -0.15) is 0 Å². The van der Waals surface area contributed by atoms with Crippen LogP contribution >= 0.6 is 0 Å². The van der Waals surface area contributed by atoms with Crippen molar-refractivity contribution in [2.75, 3.05) is 33.5 Å². The Morgan fingerprint density at radius 2 is 2.09 bits per heavy atom. The van der Waals surface area contributed by atoms with Gasteiger partial charge in [-0.1, -0.05) is 12.1 Å². The number of hydrogen-bond acceptors (Lipinski definition) is 5. The zero-order valence-electron chi connectivity index (χ0n) is 13.2. The molecule has 1 aromatic heterocycles. The monoisotopic (exact) mass is 322 g/mol. The molecular weight excluding hydrogens is 300 g/mol. The lowest BCUT2D eigenvalue weighted by molar-refractivity contribution is -0.121.